The molecule has 8 heteroatoms. The van der Waals surface area contributed by atoms with E-state index in [1.54, 1.807) is 30.3 Å². The second kappa shape index (κ2) is 8.87. The van der Waals surface area contributed by atoms with E-state index in [1.165, 1.54) is 12.1 Å². The fourth-order valence-electron chi connectivity index (χ4n) is 2.12. The van der Waals surface area contributed by atoms with Gasteiger partial charge in [0.05, 0.1) is 15.6 Å². The van der Waals surface area contributed by atoms with Crippen molar-refractivity contribution in [3.05, 3.63) is 80.7 Å². The molecule has 0 radical (unpaired) electrons. The second-order valence-corrected chi connectivity index (χ2v) is 7.16. The first-order chi connectivity index (χ1) is 12.6. The summed E-state index contributed by atoms with van der Waals surface area (Å²) in [4.78, 5) is 0. The van der Waals surface area contributed by atoms with E-state index in [4.69, 9.17) is 34.7 Å². The van der Waals surface area contributed by atoms with Crippen molar-refractivity contribution in [2.45, 2.75) is 6.18 Å². The molecule has 0 amide bonds. The average Bonchev–Trinajstić information content (AvgIpc) is 2.58. The van der Waals surface area contributed by atoms with Crippen LogP contribution in [0.4, 0.5) is 24.5 Å². The number of anilines is 2. The Labute approximate surface area is 173 Å². The van der Waals surface area contributed by atoms with Gasteiger partial charge in [0.15, 0.2) is 0 Å². The van der Waals surface area contributed by atoms with Crippen LogP contribution in [0.15, 0.2) is 65.1 Å². The molecule has 2 nitrogen and oxygen atoms in total. The molecule has 0 bridgehead atoms. The molecule has 0 spiro atoms. The number of rotatable bonds is 1. The molecule has 3 rings (SSSR count). The lowest BCUT2D eigenvalue weighted by Gasteiger charge is -2.09. The van der Waals surface area contributed by atoms with Crippen LogP contribution in [0.25, 0.3) is 11.1 Å². The van der Waals surface area contributed by atoms with Crippen LogP contribution in [-0.2, 0) is 6.18 Å². The van der Waals surface area contributed by atoms with Crippen molar-refractivity contribution in [2.75, 3.05) is 11.5 Å². The van der Waals surface area contributed by atoms with Gasteiger partial charge in [-0.25, -0.2) is 0 Å². The van der Waals surface area contributed by atoms with Crippen LogP contribution >= 0.6 is 39.1 Å². The average molecular weight is 478 g/mol. The van der Waals surface area contributed by atoms with Crippen LogP contribution in [-0.4, -0.2) is 0 Å². The third-order valence-corrected chi connectivity index (χ3v) is 5.01. The molecule has 142 valence electrons. The molecule has 27 heavy (non-hydrogen) atoms. The highest BCUT2D eigenvalue weighted by molar-refractivity contribution is 9.10. The maximum absolute atomic E-state index is 12.4. The van der Waals surface area contributed by atoms with E-state index in [-0.39, 0.29) is 0 Å². The minimum atomic E-state index is -4.33. The van der Waals surface area contributed by atoms with Crippen molar-refractivity contribution >= 4 is 50.5 Å². The summed E-state index contributed by atoms with van der Waals surface area (Å²) in [5, 5.41) is 1.06. The number of nitrogens with two attached hydrogens (primary N) is 2. The van der Waals surface area contributed by atoms with Crippen molar-refractivity contribution in [1.29, 1.82) is 0 Å². The number of halogens is 6. The zero-order chi connectivity index (χ0) is 20.2. The lowest BCUT2D eigenvalue weighted by molar-refractivity contribution is -0.137. The smallest absolute Gasteiger partial charge is 0.399 e. The number of nitrogen functional groups attached to an aromatic ring is 2. The molecule has 0 heterocycles. The molecule has 0 aliphatic rings. The van der Waals surface area contributed by atoms with E-state index in [0.717, 1.165) is 16.6 Å². The van der Waals surface area contributed by atoms with Gasteiger partial charge in [0.25, 0.3) is 0 Å². The van der Waals surface area contributed by atoms with Gasteiger partial charge in [-0.3, -0.25) is 0 Å². The molecule has 0 aliphatic heterocycles. The predicted molar refractivity (Wildman–Crippen MR) is 110 cm³/mol. The lowest BCUT2D eigenvalue weighted by Crippen LogP contribution is -2.04. The van der Waals surface area contributed by atoms with Gasteiger partial charge < -0.3 is 11.5 Å². The topological polar surface area (TPSA) is 52.0 Å². The molecule has 0 unspecified atom stereocenters. The van der Waals surface area contributed by atoms with Crippen LogP contribution in [0.5, 0.6) is 0 Å². The Bertz CT molecular complexity index is 929. The third-order valence-electron chi connectivity index (χ3n) is 3.46. The summed E-state index contributed by atoms with van der Waals surface area (Å²) in [6.07, 6.45) is -4.33. The van der Waals surface area contributed by atoms with Crippen LogP contribution in [0.1, 0.15) is 5.56 Å². The minimum absolute atomic E-state index is 0.412. The maximum Gasteiger partial charge on any atom is 0.416 e. The molecule has 0 aliphatic carbocycles. The van der Waals surface area contributed by atoms with E-state index < -0.39 is 11.7 Å². The fraction of sp³-hybridized carbons (Fsp3) is 0.0526. The SMILES string of the molecule is Nc1ccc(-c2ccc(C(F)(F)F)cc2)c(Cl)c1.Nc1ccc(Br)c(Cl)c1. The molecule has 0 fully saturated rings. The molecular weight excluding hydrogens is 464 g/mol. The zero-order valence-electron chi connectivity index (χ0n) is 13.7. The van der Waals surface area contributed by atoms with Gasteiger partial charge in [-0.1, -0.05) is 41.4 Å². The molecule has 0 aromatic heterocycles. The number of alkyl halides is 3. The highest BCUT2D eigenvalue weighted by atomic mass is 79.9. The van der Waals surface area contributed by atoms with Crippen molar-refractivity contribution in [3.8, 4) is 11.1 Å². The molecule has 4 N–H and O–H groups in total. The van der Waals surface area contributed by atoms with E-state index in [0.29, 0.717) is 32.5 Å². The lowest BCUT2D eigenvalue weighted by atomic mass is 10.0. The first-order valence-corrected chi connectivity index (χ1v) is 9.06. The monoisotopic (exact) mass is 476 g/mol. The summed E-state index contributed by atoms with van der Waals surface area (Å²) >= 11 is 14.9. The van der Waals surface area contributed by atoms with E-state index in [1.807, 2.05) is 6.07 Å². The standard InChI is InChI=1S/C13H9ClF3N.C6H5BrClN/c14-12-7-10(18)5-6-11(12)8-1-3-9(4-2-8)13(15,16)17;7-5-2-1-4(9)3-6(5)8/h1-7H,18H2;1-3H,9H2. The first kappa shape index (κ1) is 21.4. The Morgan fingerprint density at radius 2 is 1.26 bits per heavy atom. The second-order valence-electron chi connectivity index (χ2n) is 5.49. The number of benzene rings is 3. The Morgan fingerprint density at radius 1 is 0.741 bits per heavy atom. The van der Waals surface area contributed by atoms with Gasteiger partial charge in [-0.05, 0) is 64.0 Å². The number of hydrogen-bond donors (Lipinski definition) is 2. The number of hydrogen-bond acceptors (Lipinski definition) is 2. The van der Waals surface area contributed by atoms with Crippen molar-refractivity contribution in [3.63, 3.8) is 0 Å². The van der Waals surface area contributed by atoms with E-state index in [2.05, 4.69) is 15.9 Å². The molecular formula is C19H14BrCl2F3N2. The Hall–Kier alpha value is -1.89. The van der Waals surface area contributed by atoms with Crippen molar-refractivity contribution in [2.24, 2.45) is 0 Å². The quantitative estimate of drug-likeness (QED) is 0.361. The summed E-state index contributed by atoms with van der Waals surface area (Å²) in [5.74, 6) is 0. The first-order valence-electron chi connectivity index (χ1n) is 7.51. The highest BCUT2D eigenvalue weighted by Gasteiger charge is 2.30. The minimum Gasteiger partial charge on any atom is -0.399 e. The van der Waals surface area contributed by atoms with Crippen LogP contribution in [0, 0.1) is 0 Å². The van der Waals surface area contributed by atoms with Crippen LogP contribution in [0.2, 0.25) is 10.0 Å². The van der Waals surface area contributed by atoms with E-state index in [9.17, 15) is 13.2 Å². The van der Waals surface area contributed by atoms with Gasteiger partial charge in [0.1, 0.15) is 0 Å². The predicted octanol–water partition coefficient (Wildman–Crippen LogP) is 7.29. The van der Waals surface area contributed by atoms with Gasteiger partial charge in [-0.2, -0.15) is 13.2 Å². The largest absolute Gasteiger partial charge is 0.416 e. The normalized spacial score (nSPS) is 10.9. The van der Waals surface area contributed by atoms with Crippen molar-refractivity contribution in [1.82, 2.24) is 0 Å². The van der Waals surface area contributed by atoms with Crippen LogP contribution in [0.3, 0.4) is 0 Å². The summed E-state index contributed by atoms with van der Waals surface area (Å²) in [6, 6.07) is 15.0. The molecule has 0 saturated heterocycles. The Kier molecular flexibility index (Phi) is 7.03. The summed E-state index contributed by atoms with van der Waals surface area (Å²) in [7, 11) is 0. The third kappa shape index (κ3) is 6.06. The fourth-order valence-corrected chi connectivity index (χ4v) is 2.85. The van der Waals surface area contributed by atoms with Gasteiger partial charge in [-0.15, -0.1) is 0 Å². The van der Waals surface area contributed by atoms with Gasteiger partial charge >= 0.3 is 6.18 Å². The molecule has 0 atom stereocenters. The van der Waals surface area contributed by atoms with Crippen LogP contribution < -0.4 is 11.5 Å². The maximum atomic E-state index is 12.4. The van der Waals surface area contributed by atoms with Crippen molar-refractivity contribution < 1.29 is 13.2 Å². The highest BCUT2D eigenvalue weighted by Crippen LogP contribution is 2.33. The summed E-state index contributed by atoms with van der Waals surface area (Å²) in [5.41, 5.74) is 12.8. The molecule has 3 aromatic rings. The van der Waals surface area contributed by atoms with Gasteiger partial charge in [0.2, 0.25) is 0 Å². The molecule has 3 aromatic carbocycles. The Balaban J connectivity index is 0.000000244. The zero-order valence-corrected chi connectivity index (χ0v) is 16.8. The summed E-state index contributed by atoms with van der Waals surface area (Å²) < 4.78 is 38.1. The summed E-state index contributed by atoms with van der Waals surface area (Å²) in [6.45, 7) is 0. The van der Waals surface area contributed by atoms with Gasteiger partial charge in [0, 0.05) is 21.4 Å². The van der Waals surface area contributed by atoms with E-state index >= 15 is 0 Å². The molecule has 0 saturated carbocycles. The Morgan fingerprint density at radius 3 is 1.70 bits per heavy atom.